The summed E-state index contributed by atoms with van der Waals surface area (Å²) in [5.74, 6) is 0.437. The fourth-order valence-corrected chi connectivity index (χ4v) is 8.30. The molecule has 0 radical (unpaired) electrons. The summed E-state index contributed by atoms with van der Waals surface area (Å²) < 4.78 is 22.1. The maximum atomic E-state index is 14.0. The van der Waals surface area contributed by atoms with E-state index in [0.29, 0.717) is 40.0 Å². The van der Waals surface area contributed by atoms with Crippen LogP contribution in [-0.4, -0.2) is 101 Å². The molecule has 8 nitrogen and oxygen atoms in total. The average molecular weight is 715 g/mol. The Bertz CT molecular complexity index is 1650. The van der Waals surface area contributed by atoms with Gasteiger partial charge in [-0.3, -0.25) is 19.4 Å². The zero-order chi connectivity index (χ0) is 34.9. The van der Waals surface area contributed by atoms with Crippen molar-refractivity contribution in [1.29, 1.82) is 0 Å². The van der Waals surface area contributed by atoms with E-state index in [4.69, 9.17) is 27.9 Å². The zero-order valence-corrected chi connectivity index (χ0v) is 30.7. The Labute approximate surface area is 299 Å². The number of carbonyl (C=O) groups excluding carboxylic acids is 2. The number of hydrogen-bond donors (Lipinski definition) is 1. The molecule has 2 aromatic carbocycles. The van der Waals surface area contributed by atoms with Crippen molar-refractivity contribution in [3.05, 3.63) is 63.8 Å². The summed E-state index contributed by atoms with van der Waals surface area (Å²) >= 11 is 13.5. The van der Waals surface area contributed by atoms with Gasteiger partial charge in [0.25, 0.3) is 5.91 Å². The second-order valence-corrected chi connectivity index (χ2v) is 15.8. The molecule has 1 saturated carbocycles. The van der Waals surface area contributed by atoms with Gasteiger partial charge in [-0.05, 0) is 75.6 Å². The van der Waals surface area contributed by atoms with E-state index in [1.165, 1.54) is 12.8 Å². The monoisotopic (exact) mass is 713 g/mol. The van der Waals surface area contributed by atoms with Gasteiger partial charge in [0.15, 0.2) is 0 Å². The molecule has 1 N–H and O–H groups in total. The van der Waals surface area contributed by atoms with Gasteiger partial charge in [-0.25, -0.2) is 4.39 Å². The Morgan fingerprint density at radius 2 is 1.73 bits per heavy atom. The third kappa shape index (κ3) is 8.12. The van der Waals surface area contributed by atoms with Gasteiger partial charge < -0.3 is 19.5 Å². The summed E-state index contributed by atoms with van der Waals surface area (Å²) in [6.07, 6.45) is 7.46. The number of likely N-dealkylation sites (tertiary alicyclic amines) is 1. The molecule has 0 spiro atoms. The number of aryl methyl sites for hydroxylation is 1. The number of nitrogens with zero attached hydrogens (tertiary/aromatic N) is 4. The van der Waals surface area contributed by atoms with E-state index in [9.17, 15) is 14.0 Å². The first-order valence-corrected chi connectivity index (χ1v) is 18.5. The highest BCUT2D eigenvalue weighted by atomic mass is 35.5. The van der Waals surface area contributed by atoms with Crippen LogP contribution in [0.15, 0.2) is 42.6 Å². The van der Waals surface area contributed by atoms with Crippen molar-refractivity contribution in [3.63, 3.8) is 0 Å². The van der Waals surface area contributed by atoms with E-state index >= 15 is 0 Å². The molecule has 2 saturated heterocycles. The van der Waals surface area contributed by atoms with E-state index < -0.39 is 5.54 Å². The highest BCUT2D eigenvalue weighted by molar-refractivity contribution is 6.36. The molecule has 3 fully saturated rings. The van der Waals surface area contributed by atoms with Gasteiger partial charge in [0, 0.05) is 73.5 Å². The lowest BCUT2D eigenvalue weighted by molar-refractivity contribution is -0.133. The number of benzene rings is 2. The molecule has 2 atom stereocenters. The lowest BCUT2D eigenvalue weighted by atomic mass is 9.89. The fraction of sp³-hybridized carbons (Fsp3) is 0.579. The standard InChI is InChI=1S/C38H50Cl2FN5O3/c1-25-9-11-29(12-10-25)49-23-28-19-27(44-13-15-45(16-14-44)38(2,3)24-41)21-46(28)36(47)18-26-17-33(40)34(20-32(26)39)42-37(48)31-22-43(4)35-8-6-5-7-30(31)35/h5-8,17,20,22,25,27-29H,9-16,18-19,21,23-24H2,1-4H3,(H,42,48)/t25?,27-,28-,29?/m0/s1. The van der Waals surface area contributed by atoms with Crippen LogP contribution in [0, 0.1) is 5.92 Å². The summed E-state index contributed by atoms with van der Waals surface area (Å²) in [6, 6.07) is 11.2. The van der Waals surface area contributed by atoms with Crippen LogP contribution in [0.3, 0.4) is 0 Å². The van der Waals surface area contributed by atoms with Gasteiger partial charge in [-0.15, -0.1) is 0 Å². The Balaban J connectivity index is 1.13. The number of nitrogens with one attached hydrogen (secondary N) is 1. The normalized spacial score (nSPS) is 24.1. The van der Waals surface area contributed by atoms with Gasteiger partial charge in [0.1, 0.15) is 6.67 Å². The molecule has 49 heavy (non-hydrogen) atoms. The molecule has 266 valence electrons. The number of halogens is 3. The summed E-state index contributed by atoms with van der Waals surface area (Å²) in [5.41, 5.74) is 2.04. The molecule has 1 aromatic heterocycles. The number of alkyl halides is 1. The van der Waals surface area contributed by atoms with E-state index in [1.807, 2.05) is 54.6 Å². The number of rotatable bonds is 10. The maximum absolute atomic E-state index is 14.0. The fourth-order valence-electron chi connectivity index (χ4n) is 7.84. The lowest BCUT2D eigenvalue weighted by Gasteiger charge is -2.44. The molecule has 3 heterocycles. The minimum absolute atomic E-state index is 0.0175. The highest BCUT2D eigenvalue weighted by Gasteiger charge is 2.40. The number of carbonyl (C=O) groups is 2. The van der Waals surface area contributed by atoms with Crippen molar-refractivity contribution in [2.45, 2.75) is 83.0 Å². The van der Waals surface area contributed by atoms with E-state index in [1.54, 1.807) is 18.3 Å². The Kier molecular flexibility index (Phi) is 11.3. The molecule has 3 aliphatic rings. The third-order valence-electron chi connectivity index (χ3n) is 11.1. The summed E-state index contributed by atoms with van der Waals surface area (Å²) in [5, 5.41) is 4.45. The first kappa shape index (κ1) is 36.1. The molecule has 2 amide bonds. The number of ether oxygens (including phenoxy) is 1. The number of amides is 2. The molecule has 2 aliphatic heterocycles. The minimum atomic E-state index is -0.466. The number of para-hydroxylation sites is 1. The van der Waals surface area contributed by atoms with Gasteiger partial charge in [-0.2, -0.15) is 0 Å². The number of piperazine rings is 1. The zero-order valence-electron chi connectivity index (χ0n) is 29.2. The van der Waals surface area contributed by atoms with Crippen LogP contribution in [0.5, 0.6) is 0 Å². The first-order chi connectivity index (χ1) is 23.4. The Morgan fingerprint density at radius 1 is 1.02 bits per heavy atom. The van der Waals surface area contributed by atoms with Gasteiger partial charge in [0.05, 0.1) is 41.4 Å². The molecular formula is C38H50Cl2FN5O3. The van der Waals surface area contributed by atoms with Gasteiger partial charge in [0.2, 0.25) is 5.91 Å². The Morgan fingerprint density at radius 3 is 2.45 bits per heavy atom. The van der Waals surface area contributed by atoms with E-state index in [2.05, 4.69) is 22.0 Å². The average Bonchev–Trinajstić information content (AvgIpc) is 3.68. The largest absolute Gasteiger partial charge is 0.376 e. The molecular weight excluding hydrogens is 664 g/mol. The van der Waals surface area contributed by atoms with Crippen LogP contribution in [0.25, 0.3) is 10.9 Å². The number of hydrogen-bond acceptors (Lipinski definition) is 5. The second kappa shape index (κ2) is 15.3. The summed E-state index contributed by atoms with van der Waals surface area (Å²) in [7, 11) is 1.90. The van der Waals surface area contributed by atoms with Crippen LogP contribution >= 0.6 is 23.2 Å². The lowest BCUT2D eigenvalue weighted by Crippen LogP contribution is -2.57. The summed E-state index contributed by atoms with van der Waals surface area (Å²) in [6.45, 7) is 10.3. The molecule has 11 heteroatoms. The summed E-state index contributed by atoms with van der Waals surface area (Å²) in [4.78, 5) is 34.0. The molecule has 0 bridgehead atoms. The smallest absolute Gasteiger partial charge is 0.257 e. The molecule has 3 aromatic rings. The second-order valence-electron chi connectivity index (χ2n) is 15.0. The first-order valence-electron chi connectivity index (χ1n) is 17.7. The molecule has 1 aliphatic carbocycles. The van der Waals surface area contributed by atoms with Gasteiger partial charge in [-0.1, -0.05) is 48.3 Å². The van der Waals surface area contributed by atoms with E-state index in [0.717, 1.165) is 62.3 Å². The topological polar surface area (TPSA) is 70.1 Å². The van der Waals surface area contributed by atoms with Crippen molar-refractivity contribution >= 4 is 51.6 Å². The van der Waals surface area contributed by atoms with Crippen molar-refractivity contribution in [2.24, 2.45) is 13.0 Å². The van der Waals surface area contributed by atoms with Crippen LogP contribution in [0.1, 0.15) is 68.8 Å². The number of aromatic nitrogens is 1. The van der Waals surface area contributed by atoms with Crippen LogP contribution in [0.2, 0.25) is 10.0 Å². The number of fused-ring (bicyclic) bond motifs is 1. The van der Waals surface area contributed by atoms with Crippen molar-refractivity contribution in [2.75, 3.05) is 51.3 Å². The van der Waals surface area contributed by atoms with Gasteiger partial charge >= 0.3 is 0 Å². The van der Waals surface area contributed by atoms with Crippen molar-refractivity contribution in [3.8, 4) is 0 Å². The number of anilines is 1. The van der Waals surface area contributed by atoms with Crippen LogP contribution in [-0.2, 0) is 23.0 Å². The van der Waals surface area contributed by atoms with E-state index in [-0.39, 0.29) is 43.1 Å². The SMILES string of the molecule is CC1CCC(OC[C@@H]2C[C@H](N3CCN(C(C)(C)CF)CC3)CN2C(=O)Cc2cc(Cl)c(NC(=O)c3cn(C)c4ccccc34)cc2Cl)CC1. The Hall–Kier alpha value is -2.69. The predicted octanol–water partition coefficient (Wildman–Crippen LogP) is 7.21. The highest BCUT2D eigenvalue weighted by Crippen LogP contribution is 2.33. The molecule has 6 rings (SSSR count). The van der Waals surface area contributed by atoms with Crippen molar-refractivity contribution < 1.29 is 18.7 Å². The van der Waals surface area contributed by atoms with Crippen LogP contribution in [0.4, 0.5) is 10.1 Å². The maximum Gasteiger partial charge on any atom is 0.257 e. The quantitative estimate of drug-likeness (QED) is 0.241. The predicted molar refractivity (Wildman–Crippen MR) is 196 cm³/mol. The van der Waals surface area contributed by atoms with Crippen molar-refractivity contribution in [1.82, 2.24) is 19.3 Å². The minimum Gasteiger partial charge on any atom is -0.376 e. The van der Waals surface area contributed by atoms with Crippen LogP contribution < -0.4 is 5.32 Å². The third-order valence-corrected chi connectivity index (χ3v) is 11.7. The molecule has 0 unspecified atom stereocenters.